The molecular weight excluding hydrogens is 565 g/mol. The fourth-order valence-electron chi connectivity index (χ4n) is 5.91. The van der Waals surface area contributed by atoms with E-state index in [4.69, 9.17) is 14.2 Å². The molecule has 228 valence electrons. The van der Waals surface area contributed by atoms with Crippen molar-refractivity contribution >= 4 is 21.8 Å². The Balaban J connectivity index is 1.40. The largest absolute Gasteiger partial charge is 0.493 e. The van der Waals surface area contributed by atoms with Gasteiger partial charge in [-0.2, -0.15) is 4.31 Å². The van der Waals surface area contributed by atoms with Gasteiger partial charge in [-0.25, -0.2) is 12.8 Å². The number of rotatable bonds is 4. The Morgan fingerprint density at radius 2 is 1.83 bits per heavy atom. The molecule has 5 rings (SSSR count). The standard InChI is InChI=1S/C30H38FN3O7S/c1-39-27-8-6-20-7-9-29(35)32-16-22-12-23(31)15-24(13-22)41-26-10-11-34(42(37,38)19-21-4-2-3-5-21)17-25(26)33-30(36)18-40-28(27)14-20/h6,8,12-15,21,25-26H,2-5,7,9-11,16-19H2,1H3,(H,32,35)(H,33,36)/t25-,26-/m1/s1. The van der Waals surface area contributed by atoms with Crippen molar-refractivity contribution in [2.24, 2.45) is 5.92 Å². The van der Waals surface area contributed by atoms with Gasteiger partial charge in [0.2, 0.25) is 15.9 Å². The van der Waals surface area contributed by atoms with E-state index in [9.17, 15) is 22.4 Å². The minimum Gasteiger partial charge on any atom is -0.493 e. The third-order valence-corrected chi connectivity index (χ3v) is 10.1. The Kier molecular flexibility index (Phi) is 9.52. The molecule has 2 atom stereocenters. The summed E-state index contributed by atoms with van der Waals surface area (Å²) in [6.45, 7) is 0.0255. The zero-order chi connectivity index (χ0) is 29.7. The van der Waals surface area contributed by atoms with Gasteiger partial charge in [-0.15, -0.1) is 0 Å². The van der Waals surface area contributed by atoms with Crippen LogP contribution in [-0.4, -0.2) is 69.2 Å². The van der Waals surface area contributed by atoms with E-state index in [2.05, 4.69) is 10.6 Å². The summed E-state index contributed by atoms with van der Waals surface area (Å²) in [5.74, 6) is 0.0864. The molecule has 1 saturated carbocycles. The lowest BCUT2D eigenvalue weighted by molar-refractivity contribution is -0.125. The van der Waals surface area contributed by atoms with Gasteiger partial charge in [0, 0.05) is 38.5 Å². The Morgan fingerprint density at radius 1 is 1.02 bits per heavy atom. The molecule has 2 N–H and O–H groups in total. The predicted molar refractivity (Wildman–Crippen MR) is 153 cm³/mol. The Labute approximate surface area is 245 Å². The number of hydrogen-bond acceptors (Lipinski definition) is 7. The van der Waals surface area contributed by atoms with Crippen LogP contribution < -0.4 is 24.8 Å². The second-order valence-electron chi connectivity index (χ2n) is 11.3. The second kappa shape index (κ2) is 13.3. The van der Waals surface area contributed by atoms with Crippen molar-refractivity contribution in [2.75, 3.05) is 32.6 Å². The van der Waals surface area contributed by atoms with Crippen molar-refractivity contribution in [3.05, 3.63) is 53.3 Å². The van der Waals surface area contributed by atoms with E-state index in [-0.39, 0.29) is 56.0 Å². The van der Waals surface area contributed by atoms with E-state index in [1.165, 1.54) is 23.5 Å². The number of hydrogen-bond donors (Lipinski definition) is 2. The van der Waals surface area contributed by atoms with Gasteiger partial charge in [-0.3, -0.25) is 9.59 Å². The molecule has 42 heavy (non-hydrogen) atoms. The molecule has 12 heteroatoms. The third kappa shape index (κ3) is 7.71. The number of benzene rings is 2. The van der Waals surface area contributed by atoms with Crippen LogP contribution in [0.15, 0.2) is 36.4 Å². The molecule has 0 unspecified atom stereocenters. The predicted octanol–water partition coefficient (Wildman–Crippen LogP) is 2.93. The first-order valence-electron chi connectivity index (χ1n) is 14.5. The molecule has 4 bridgehead atoms. The molecule has 2 heterocycles. The van der Waals surface area contributed by atoms with Crippen LogP contribution in [0.4, 0.5) is 4.39 Å². The minimum absolute atomic E-state index is 0.0303. The minimum atomic E-state index is -3.54. The maximum absolute atomic E-state index is 14.5. The highest BCUT2D eigenvalue weighted by molar-refractivity contribution is 7.89. The number of methoxy groups -OCH3 is 1. The van der Waals surface area contributed by atoms with E-state index >= 15 is 0 Å². The SMILES string of the molecule is COc1ccc2cc1OCC(=O)N[C@@H]1CN(S(=O)(=O)CC3CCCC3)CC[C@H]1Oc1cc(F)cc(c1)CNC(=O)CC2. The summed E-state index contributed by atoms with van der Waals surface area (Å²) in [7, 11) is -2.05. The van der Waals surface area contributed by atoms with Crippen LogP contribution in [0.2, 0.25) is 0 Å². The van der Waals surface area contributed by atoms with Crippen molar-refractivity contribution in [2.45, 2.75) is 63.6 Å². The number of halogens is 1. The van der Waals surface area contributed by atoms with Gasteiger partial charge < -0.3 is 24.8 Å². The van der Waals surface area contributed by atoms with E-state index in [0.29, 0.717) is 29.9 Å². The third-order valence-electron chi connectivity index (χ3n) is 8.11. The summed E-state index contributed by atoms with van der Waals surface area (Å²) >= 11 is 0. The molecule has 0 aromatic heterocycles. The smallest absolute Gasteiger partial charge is 0.258 e. The number of carbonyl (C=O) groups is 2. The molecule has 0 spiro atoms. The Bertz CT molecular complexity index is 1400. The van der Waals surface area contributed by atoms with Crippen molar-refractivity contribution in [1.82, 2.24) is 14.9 Å². The summed E-state index contributed by atoms with van der Waals surface area (Å²) in [5, 5.41) is 5.73. The Morgan fingerprint density at radius 3 is 2.62 bits per heavy atom. The van der Waals surface area contributed by atoms with E-state index in [1.807, 2.05) is 6.07 Å². The molecule has 2 aromatic rings. The van der Waals surface area contributed by atoms with Crippen LogP contribution in [0.3, 0.4) is 0 Å². The van der Waals surface area contributed by atoms with Crippen molar-refractivity contribution in [1.29, 1.82) is 0 Å². The number of amides is 2. The van der Waals surface area contributed by atoms with Gasteiger partial charge in [0.25, 0.3) is 5.91 Å². The maximum atomic E-state index is 14.5. The average molecular weight is 604 g/mol. The molecular formula is C30H38FN3O7S. The molecule has 2 aromatic carbocycles. The number of aryl methyl sites for hydroxylation is 1. The van der Waals surface area contributed by atoms with Gasteiger partial charge in [0.05, 0.1) is 18.9 Å². The lowest BCUT2D eigenvalue weighted by Crippen LogP contribution is -2.59. The summed E-state index contributed by atoms with van der Waals surface area (Å²) in [6, 6.07) is 8.78. The lowest BCUT2D eigenvalue weighted by atomic mass is 10.0. The van der Waals surface area contributed by atoms with Crippen molar-refractivity contribution in [3.63, 3.8) is 0 Å². The van der Waals surface area contributed by atoms with Crippen LogP contribution >= 0.6 is 0 Å². The molecule has 2 amide bonds. The molecule has 2 aliphatic heterocycles. The highest BCUT2D eigenvalue weighted by Gasteiger charge is 2.38. The van der Waals surface area contributed by atoms with Gasteiger partial charge in [0.1, 0.15) is 17.7 Å². The fourth-order valence-corrected chi connectivity index (χ4v) is 7.82. The number of carbonyl (C=O) groups excluding carboxylic acids is 2. The molecule has 2 fully saturated rings. The second-order valence-corrected chi connectivity index (χ2v) is 13.3. The number of fused-ring (bicyclic) bond motifs is 5. The lowest BCUT2D eigenvalue weighted by Gasteiger charge is -2.38. The summed E-state index contributed by atoms with van der Waals surface area (Å²) in [4.78, 5) is 25.6. The molecule has 3 aliphatic rings. The summed E-state index contributed by atoms with van der Waals surface area (Å²) < 4.78 is 60.0. The fraction of sp³-hybridized carbons (Fsp3) is 0.533. The number of piperidine rings is 1. The molecule has 1 saturated heterocycles. The van der Waals surface area contributed by atoms with Gasteiger partial charge in [-0.05, 0) is 60.6 Å². The van der Waals surface area contributed by atoms with Crippen LogP contribution in [0, 0.1) is 11.7 Å². The van der Waals surface area contributed by atoms with Crippen LogP contribution in [-0.2, 0) is 32.6 Å². The number of sulfonamides is 1. The van der Waals surface area contributed by atoms with Gasteiger partial charge >= 0.3 is 0 Å². The zero-order valence-electron chi connectivity index (χ0n) is 23.8. The highest BCUT2D eigenvalue weighted by atomic mass is 32.2. The molecule has 0 radical (unpaired) electrons. The number of nitrogens with zero attached hydrogens (tertiary/aromatic N) is 1. The number of nitrogens with one attached hydrogen (secondary N) is 2. The van der Waals surface area contributed by atoms with Crippen molar-refractivity contribution in [3.8, 4) is 17.2 Å². The van der Waals surface area contributed by atoms with Crippen LogP contribution in [0.5, 0.6) is 17.2 Å². The normalized spacial score (nSPS) is 22.9. The topological polar surface area (TPSA) is 123 Å². The number of ether oxygens (including phenoxy) is 3. The first kappa shape index (κ1) is 30.1. The molecule has 10 nitrogen and oxygen atoms in total. The maximum Gasteiger partial charge on any atom is 0.258 e. The van der Waals surface area contributed by atoms with Gasteiger partial charge in [-0.1, -0.05) is 18.9 Å². The van der Waals surface area contributed by atoms with E-state index in [1.54, 1.807) is 18.2 Å². The monoisotopic (exact) mass is 603 g/mol. The first-order chi connectivity index (χ1) is 20.2. The van der Waals surface area contributed by atoms with Crippen molar-refractivity contribution < 1.29 is 36.6 Å². The van der Waals surface area contributed by atoms with E-state index < -0.39 is 33.9 Å². The zero-order valence-corrected chi connectivity index (χ0v) is 24.6. The highest BCUT2D eigenvalue weighted by Crippen LogP contribution is 2.30. The summed E-state index contributed by atoms with van der Waals surface area (Å²) in [6.07, 6.45) is 4.21. The first-order valence-corrected chi connectivity index (χ1v) is 16.1. The van der Waals surface area contributed by atoms with Crippen LogP contribution in [0.1, 0.15) is 49.7 Å². The van der Waals surface area contributed by atoms with Gasteiger partial charge in [0.15, 0.2) is 18.1 Å². The average Bonchev–Trinajstić information content (AvgIpc) is 3.46. The quantitative estimate of drug-likeness (QED) is 0.551. The van der Waals surface area contributed by atoms with Crippen LogP contribution in [0.25, 0.3) is 0 Å². The molecule has 1 aliphatic carbocycles. The Hall–Kier alpha value is -3.38. The summed E-state index contributed by atoms with van der Waals surface area (Å²) in [5.41, 5.74) is 1.34. The van der Waals surface area contributed by atoms with E-state index in [0.717, 1.165) is 31.2 Å².